The second-order valence-corrected chi connectivity index (χ2v) is 3.09. The third-order valence-corrected chi connectivity index (χ3v) is 1.94. The Morgan fingerprint density at radius 3 is 2.71 bits per heavy atom. The Labute approximate surface area is 79.6 Å². The number of halogens is 1. The molecule has 0 radical (unpaired) electrons. The predicted octanol–water partition coefficient (Wildman–Crippen LogP) is 1.43. The van der Waals surface area contributed by atoms with Crippen LogP contribution in [0.1, 0.15) is 11.3 Å². The fraction of sp³-hybridized carbons (Fsp3) is 0.100. The fourth-order valence-electron chi connectivity index (χ4n) is 1.33. The van der Waals surface area contributed by atoms with E-state index in [0.717, 1.165) is 11.3 Å². The lowest BCUT2D eigenvalue weighted by Crippen LogP contribution is -1.93. The van der Waals surface area contributed by atoms with Gasteiger partial charge < -0.3 is 5.10 Å². The number of rotatable bonds is 2. The first-order valence-electron chi connectivity index (χ1n) is 4.25. The van der Waals surface area contributed by atoms with Crippen molar-refractivity contribution < 1.29 is 4.39 Å². The van der Waals surface area contributed by atoms with Crippen molar-refractivity contribution in [3.63, 3.8) is 0 Å². The minimum atomic E-state index is -0.264. The molecule has 14 heavy (non-hydrogen) atoms. The molecule has 0 spiro atoms. The van der Waals surface area contributed by atoms with Crippen LogP contribution >= 0.6 is 0 Å². The summed E-state index contributed by atoms with van der Waals surface area (Å²) in [5.41, 5.74) is 1.41. The monoisotopic (exact) mass is 192 g/mol. The van der Waals surface area contributed by atoms with E-state index < -0.39 is 0 Å². The van der Waals surface area contributed by atoms with Gasteiger partial charge in [0, 0.05) is 18.2 Å². The van der Waals surface area contributed by atoms with Crippen molar-refractivity contribution >= 4 is 0 Å². The zero-order valence-electron chi connectivity index (χ0n) is 7.38. The molecule has 0 fully saturated rings. The standard InChI is InChI=1S/C10H9FN2O/c11-8-3-1-2-7(4-8)5-9-6-10(14)13-12-9/h1-4,6H,5H2,(H2,12,13,14). The van der Waals surface area contributed by atoms with Crippen molar-refractivity contribution in [1.29, 1.82) is 0 Å². The molecule has 2 aromatic rings. The Bertz CT molecular complexity index is 487. The third-order valence-electron chi connectivity index (χ3n) is 1.94. The number of hydrogen-bond donors (Lipinski definition) is 2. The average molecular weight is 192 g/mol. The molecule has 2 rings (SSSR count). The molecular weight excluding hydrogens is 183 g/mol. The minimum absolute atomic E-state index is 0.170. The summed E-state index contributed by atoms with van der Waals surface area (Å²) in [4.78, 5) is 10.8. The van der Waals surface area contributed by atoms with E-state index in [1.54, 1.807) is 6.07 Å². The van der Waals surface area contributed by atoms with Crippen LogP contribution in [-0.2, 0) is 6.42 Å². The zero-order chi connectivity index (χ0) is 9.97. The molecule has 1 aromatic heterocycles. The molecule has 72 valence electrons. The van der Waals surface area contributed by atoms with E-state index in [9.17, 15) is 9.18 Å². The molecule has 0 aliphatic heterocycles. The van der Waals surface area contributed by atoms with Gasteiger partial charge in [-0.2, -0.15) is 0 Å². The lowest BCUT2D eigenvalue weighted by atomic mass is 10.1. The highest BCUT2D eigenvalue weighted by molar-refractivity contribution is 5.21. The zero-order valence-corrected chi connectivity index (χ0v) is 7.38. The van der Waals surface area contributed by atoms with Crippen LogP contribution < -0.4 is 5.56 Å². The van der Waals surface area contributed by atoms with E-state index in [4.69, 9.17) is 0 Å². The maximum absolute atomic E-state index is 12.8. The number of H-pyrrole nitrogens is 2. The summed E-state index contributed by atoms with van der Waals surface area (Å²) in [6.45, 7) is 0. The summed E-state index contributed by atoms with van der Waals surface area (Å²) in [7, 11) is 0. The van der Waals surface area contributed by atoms with Gasteiger partial charge >= 0.3 is 0 Å². The highest BCUT2D eigenvalue weighted by Gasteiger charge is 1.99. The number of benzene rings is 1. The number of nitrogens with one attached hydrogen (secondary N) is 2. The van der Waals surface area contributed by atoms with Crippen LogP contribution in [0.3, 0.4) is 0 Å². The van der Waals surface area contributed by atoms with Crippen molar-refractivity contribution in [2.45, 2.75) is 6.42 Å². The van der Waals surface area contributed by atoms with Crippen LogP contribution in [-0.4, -0.2) is 10.2 Å². The molecule has 1 heterocycles. The lowest BCUT2D eigenvalue weighted by Gasteiger charge is -1.97. The van der Waals surface area contributed by atoms with Gasteiger partial charge in [-0.1, -0.05) is 12.1 Å². The van der Waals surface area contributed by atoms with E-state index in [-0.39, 0.29) is 11.4 Å². The minimum Gasteiger partial charge on any atom is -0.302 e. The molecule has 0 saturated heterocycles. The summed E-state index contributed by atoms with van der Waals surface area (Å²) >= 11 is 0. The Morgan fingerprint density at radius 2 is 2.07 bits per heavy atom. The molecule has 0 aliphatic rings. The number of aromatic amines is 2. The molecule has 0 unspecified atom stereocenters. The van der Waals surface area contributed by atoms with Gasteiger partial charge in [0.25, 0.3) is 5.56 Å². The maximum Gasteiger partial charge on any atom is 0.264 e. The van der Waals surface area contributed by atoms with Gasteiger partial charge in [0.1, 0.15) is 5.82 Å². The SMILES string of the molecule is O=c1cc(Cc2cccc(F)c2)[nH][nH]1. The van der Waals surface area contributed by atoms with Gasteiger partial charge in [-0.05, 0) is 17.7 Å². The van der Waals surface area contributed by atoms with Crippen molar-refractivity contribution in [2.75, 3.05) is 0 Å². The second kappa shape index (κ2) is 3.49. The van der Waals surface area contributed by atoms with Crippen LogP contribution in [0, 0.1) is 5.82 Å². The van der Waals surface area contributed by atoms with Crippen molar-refractivity contribution in [3.05, 3.63) is 57.8 Å². The van der Waals surface area contributed by atoms with Gasteiger partial charge in [0.05, 0.1) is 0 Å². The van der Waals surface area contributed by atoms with E-state index in [1.165, 1.54) is 18.2 Å². The topological polar surface area (TPSA) is 48.6 Å². The van der Waals surface area contributed by atoms with Crippen LogP contribution in [0.5, 0.6) is 0 Å². The van der Waals surface area contributed by atoms with Gasteiger partial charge in [0.2, 0.25) is 0 Å². The molecule has 4 heteroatoms. The first kappa shape index (κ1) is 8.74. The number of hydrogen-bond acceptors (Lipinski definition) is 1. The maximum atomic E-state index is 12.8. The molecule has 0 bridgehead atoms. The Morgan fingerprint density at radius 1 is 1.21 bits per heavy atom. The molecule has 0 saturated carbocycles. The lowest BCUT2D eigenvalue weighted by molar-refractivity contribution is 0.626. The molecule has 1 aromatic carbocycles. The van der Waals surface area contributed by atoms with Gasteiger partial charge in [-0.25, -0.2) is 4.39 Å². The molecule has 3 nitrogen and oxygen atoms in total. The number of aromatic nitrogens is 2. The van der Waals surface area contributed by atoms with Crippen LogP contribution in [0.25, 0.3) is 0 Å². The Hall–Kier alpha value is -1.84. The fourth-order valence-corrected chi connectivity index (χ4v) is 1.33. The molecule has 0 aliphatic carbocycles. The highest BCUT2D eigenvalue weighted by atomic mass is 19.1. The van der Waals surface area contributed by atoms with Gasteiger partial charge in [-0.3, -0.25) is 9.89 Å². The molecule has 2 N–H and O–H groups in total. The second-order valence-electron chi connectivity index (χ2n) is 3.09. The predicted molar refractivity (Wildman–Crippen MR) is 50.6 cm³/mol. The van der Waals surface area contributed by atoms with Crippen LogP contribution in [0.15, 0.2) is 35.1 Å². The van der Waals surface area contributed by atoms with E-state index in [2.05, 4.69) is 10.2 Å². The summed E-state index contributed by atoms with van der Waals surface area (Å²) < 4.78 is 12.8. The largest absolute Gasteiger partial charge is 0.302 e. The highest BCUT2D eigenvalue weighted by Crippen LogP contribution is 2.07. The van der Waals surface area contributed by atoms with Gasteiger partial charge in [-0.15, -0.1) is 0 Å². The normalized spacial score (nSPS) is 10.4. The molecule has 0 atom stereocenters. The Balaban J connectivity index is 2.22. The summed E-state index contributed by atoms with van der Waals surface area (Å²) in [5, 5.41) is 5.14. The molecule has 0 amide bonds. The third kappa shape index (κ3) is 1.90. The smallest absolute Gasteiger partial charge is 0.264 e. The molecular formula is C10H9FN2O. The van der Waals surface area contributed by atoms with E-state index in [1.807, 2.05) is 6.07 Å². The first-order valence-corrected chi connectivity index (χ1v) is 4.25. The van der Waals surface area contributed by atoms with Crippen molar-refractivity contribution in [2.24, 2.45) is 0 Å². The summed E-state index contributed by atoms with van der Waals surface area (Å²) in [6.07, 6.45) is 0.524. The summed E-state index contributed by atoms with van der Waals surface area (Å²) in [6, 6.07) is 7.77. The van der Waals surface area contributed by atoms with Gasteiger partial charge in [0.15, 0.2) is 0 Å². The first-order chi connectivity index (χ1) is 6.74. The summed E-state index contributed by atoms with van der Waals surface area (Å²) in [5.74, 6) is -0.264. The van der Waals surface area contributed by atoms with Crippen molar-refractivity contribution in [3.8, 4) is 0 Å². The Kier molecular flexibility index (Phi) is 2.18. The van der Waals surface area contributed by atoms with Crippen LogP contribution in [0.4, 0.5) is 4.39 Å². The average Bonchev–Trinajstić information content (AvgIpc) is 2.51. The van der Waals surface area contributed by atoms with Crippen LogP contribution in [0.2, 0.25) is 0 Å². The van der Waals surface area contributed by atoms with Crippen molar-refractivity contribution in [1.82, 2.24) is 10.2 Å². The van der Waals surface area contributed by atoms with E-state index >= 15 is 0 Å². The quantitative estimate of drug-likeness (QED) is 0.743. The van der Waals surface area contributed by atoms with E-state index in [0.29, 0.717) is 6.42 Å².